The van der Waals surface area contributed by atoms with Crippen LogP contribution in [0.3, 0.4) is 0 Å². The van der Waals surface area contributed by atoms with Crippen molar-refractivity contribution in [1.29, 1.82) is 0 Å². The van der Waals surface area contributed by atoms with E-state index in [2.05, 4.69) is 149 Å². The fraction of sp³-hybridized carbons (Fsp3) is 0.308. The Kier molecular flexibility index (Phi) is 13.1. The number of ether oxygens (including phenoxy) is 4. The molecule has 0 heterocycles. The van der Waals surface area contributed by atoms with Crippen LogP contribution in [0.1, 0.15) is 97.9 Å². The van der Waals surface area contributed by atoms with E-state index in [4.69, 9.17) is 18.9 Å². The summed E-state index contributed by atoms with van der Waals surface area (Å²) in [6.45, 7) is 11.3. The van der Waals surface area contributed by atoms with Crippen molar-refractivity contribution in [3.05, 3.63) is 166 Å². The minimum Gasteiger partial charge on any atom is -0.493 e. The number of para-hydroxylation sites is 2. The number of benzene rings is 6. The minimum absolute atomic E-state index is 0.641. The highest BCUT2D eigenvalue weighted by molar-refractivity contribution is 5.71. The Bertz CT molecular complexity index is 1960. The first-order valence-electron chi connectivity index (χ1n) is 20.7. The Morgan fingerprint density at radius 1 is 0.304 bits per heavy atom. The van der Waals surface area contributed by atoms with E-state index in [0.717, 1.165) is 93.2 Å². The van der Waals surface area contributed by atoms with Crippen molar-refractivity contribution in [2.45, 2.75) is 79.1 Å². The maximum Gasteiger partial charge on any atom is 0.126 e. The van der Waals surface area contributed by atoms with Crippen molar-refractivity contribution in [2.75, 3.05) is 26.4 Å². The topological polar surface area (TPSA) is 36.9 Å². The fourth-order valence-electron chi connectivity index (χ4n) is 7.84. The molecule has 7 rings (SSSR count). The molecule has 4 nitrogen and oxygen atoms in total. The van der Waals surface area contributed by atoms with E-state index in [1.54, 1.807) is 0 Å². The van der Waals surface area contributed by atoms with E-state index < -0.39 is 0 Å². The van der Waals surface area contributed by atoms with Crippen molar-refractivity contribution in [3.63, 3.8) is 0 Å². The van der Waals surface area contributed by atoms with Crippen LogP contribution in [0.5, 0.6) is 23.0 Å². The standard InChI is InChI=1S/C52H56O4/c1-5-25-53-49-39-21-15-22-40(49)30-46-34-44(38-19-13-10-14-20-38)36-48(52(46)56-28-8-4)32-42-24-16-23-41(50(42)54-26-6-2)31-47-35-43(37-17-11-9-12-18-37)33-45(29-39)51(47)55-27-7-3/h9-24,33-36H,5-8,25-32H2,1-4H3. The quantitative estimate of drug-likeness (QED) is 0.111. The average Bonchev–Trinajstić information content (AvgIpc) is 3.23. The second-order valence-electron chi connectivity index (χ2n) is 14.9. The number of hydrogen-bond donors (Lipinski definition) is 0. The van der Waals surface area contributed by atoms with Crippen LogP contribution in [0.15, 0.2) is 121 Å². The van der Waals surface area contributed by atoms with Crippen molar-refractivity contribution in [3.8, 4) is 45.3 Å². The van der Waals surface area contributed by atoms with E-state index in [-0.39, 0.29) is 0 Å². The maximum atomic E-state index is 6.78. The van der Waals surface area contributed by atoms with E-state index in [0.29, 0.717) is 52.1 Å². The molecule has 0 spiro atoms. The van der Waals surface area contributed by atoms with Crippen LogP contribution in [-0.2, 0) is 25.7 Å². The highest BCUT2D eigenvalue weighted by atomic mass is 16.5. The predicted molar refractivity (Wildman–Crippen MR) is 231 cm³/mol. The molecule has 6 aromatic rings. The van der Waals surface area contributed by atoms with E-state index in [1.165, 1.54) is 22.3 Å². The Labute approximate surface area is 334 Å². The number of hydrogen-bond acceptors (Lipinski definition) is 4. The van der Waals surface area contributed by atoms with Gasteiger partial charge in [-0.15, -0.1) is 0 Å². The van der Waals surface area contributed by atoms with Gasteiger partial charge in [0.05, 0.1) is 26.4 Å². The molecule has 0 unspecified atom stereocenters. The van der Waals surface area contributed by atoms with Crippen LogP contribution < -0.4 is 18.9 Å². The molecule has 1 aliphatic carbocycles. The SMILES string of the molecule is CCCOc1c2cccc1Cc1cc(-c3ccccc3)cc(c1OCCC)Cc1cccc(c1OCCC)Cc1cc(-c3ccccc3)cc(c1OCCC)C2. The first-order valence-corrected chi connectivity index (χ1v) is 20.7. The molecule has 0 N–H and O–H groups in total. The third-order valence-corrected chi connectivity index (χ3v) is 10.4. The summed E-state index contributed by atoms with van der Waals surface area (Å²) in [4.78, 5) is 0. The van der Waals surface area contributed by atoms with Gasteiger partial charge in [-0.05, 0) is 117 Å². The van der Waals surface area contributed by atoms with Gasteiger partial charge in [0.15, 0.2) is 0 Å². The predicted octanol–water partition coefficient (Wildman–Crippen LogP) is 12.9. The number of fused-ring (bicyclic) bond motifs is 8. The van der Waals surface area contributed by atoms with Crippen LogP contribution in [0.2, 0.25) is 0 Å². The van der Waals surface area contributed by atoms with Crippen molar-refractivity contribution >= 4 is 0 Å². The van der Waals surface area contributed by atoms with Gasteiger partial charge < -0.3 is 18.9 Å². The second-order valence-corrected chi connectivity index (χ2v) is 14.9. The van der Waals surface area contributed by atoms with Gasteiger partial charge in [-0.2, -0.15) is 0 Å². The zero-order chi connectivity index (χ0) is 38.7. The maximum absolute atomic E-state index is 6.78. The van der Waals surface area contributed by atoms with Crippen LogP contribution in [0.25, 0.3) is 22.3 Å². The summed E-state index contributed by atoms with van der Waals surface area (Å²) in [5.41, 5.74) is 14.0. The lowest BCUT2D eigenvalue weighted by Crippen LogP contribution is -2.10. The highest BCUT2D eigenvalue weighted by Gasteiger charge is 2.23. The third kappa shape index (κ3) is 8.97. The average molecular weight is 745 g/mol. The summed E-state index contributed by atoms with van der Waals surface area (Å²) < 4.78 is 27.1. The Morgan fingerprint density at radius 3 is 0.839 bits per heavy atom. The molecule has 288 valence electrons. The van der Waals surface area contributed by atoms with Gasteiger partial charge in [-0.1, -0.05) is 125 Å². The molecule has 0 saturated carbocycles. The summed E-state index contributed by atoms with van der Waals surface area (Å²) in [6.07, 6.45) is 6.38. The summed E-state index contributed by atoms with van der Waals surface area (Å²) in [5.74, 6) is 3.85. The highest BCUT2D eigenvalue weighted by Crippen LogP contribution is 2.42. The van der Waals surface area contributed by atoms with Crippen LogP contribution >= 0.6 is 0 Å². The van der Waals surface area contributed by atoms with Gasteiger partial charge in [-0.25, -0.2) is 0 Å². The van der Waals surface area contributed by atoms with Crippen LogP contribution in [0, 0.1) is 0 Å². The molecule has 56 heavy (non-hydrogen) atoms. The van der Waals surface area contributed by atoms with Gasteiger partial charge >= 0.3 is 0 Å². The first-order chi connectivity index (χ1) is 27.6. The van der Waals surface area contributed by atoms with Gasteiger partial charge in [-0.3, -0.25) is 0 Å². The van der Waals surface area contributed by atoms with Crippen molar-refractivity contribution in [2.24, 2.45) is 0 Å². The summed E-state index contributed by atoms with van der Waals surface area (Å²) in [5, 5.41) is 0. The fourth-order valence-corrected chi connectivity index (χ4v) is 7.84. The molecule has 6 aromatic carbocycles. The smallest absolute Gasteiger partial charge is 0.126 e. The van der Waals surface area contributed by atoms with Crippen LogP contribution in [0.4, 0.5) is 0 Å². The van der Waals surface area contributed by atoms with Gasteiger partial charge in [0.25, 0.3) is 0 Å². The largest absolute Gasteiger partial charge is 0.493 e. The second kappa shape index (κ2) is 18.9. The zero-order valence-corrected chi connectivity index (χ0v) is 33.7. The molecule has 0 amide bonds. The van der Waals surface area contributed by atoms with E-state index in [9.17, 15) is 0 Å². The summed E-state index contributed by atoms with van der Waals surface area (Å²) >= 11 is 0. The molecule has 0 radical (unpaired) electrons. The molecule has 0 saturated heterocycles. The first kappa shape index (κ1) is 38.8. The molecule has 0 aromatic heterocycles. The molecular weight excluding hydrogens is 689 g/mol. The van der Waals surface area contributed by atoms with E-state index >= 15 is 0 Å². The monoisotopic (exact) mass is 744 g/mol. The molecule has 8 bridgehead atoms. The number of rotatable bonds is 14. The lowest BCUT2D eigenvalue weighted by atomic mass is 9.88. The zero-order valence-electron chi connectivity index (χ0n) is 33.7. The molecule has 4 heteroatoms. The van der Waals surface area contributed by atoms with Gasteiger partial charge in [0, 0.05) is 25.7 Å². The Hall–Kier alpha value is -5.48. The summed E-state index contributed by atoms with van der Waals surface area (Å²) in [6, 6.07) is 44.1. The molecular formula is C52H56O4. The van der Waals surface area contributed by atoms with Gasteiger partial charge in [0.2, 0.25) is 0 Å². The minimum atomic E-state index is 0.641. The normalized spacial score (nSPS) is 12.2. The van der Waals surface area contributed by atoms with Crippen LogP contribution in [-0.4, -0.2) is 26.4 Å². The molecule has 0 aliphatic heterocycles. The molecule has 0 atom stereocenters. The van der Waals surface area contributed by atoms with E-state index in [1.807, 2.05) is 0 Å². The lowest BCUT2D eigenvalue weighted by molar-refractivity contribution is 0.304. The lowest BCUT2D eigenvalue weighted by Gasteiger charge is -2.24. The Morgan fingerprint density at radius 2 is 0.571 bits per heavy atom. The third-order valence-electron chi connectivity index (χ3n) is 10.4. The van der Waals surface area contributed by atoms with Gasteiger partial charge in [0.1, 0.15) is 23.0 Å². The molecule has 1 aliphatic rings. The molecule has 0 fully saturated rings. The Balaban J connectivity index is 1.52. The summed E-state index contributed by atoms with van der Waals surface area (Å²) in [7, 11) is 0. The van der Waals surface area contributed by atoms with Crippen molar-refractivity contribution < 1.29 is 18.9 Å². The van der Waals surface area contributed by atoms with Crippen molar-refractivity contribution in [1.82, 2.24) is 0 Å².